The second-order valence-electron chi connectivity index (χ2n) is 5.69. The number of fused-ring (bicyclic) bond motifs is 1. The van der Waals surface area contributed by atoms with Crippen LogP contribution in [0.3, 0.4) is 0 Å². The summed E-state index contributed by atoms with van der Waals surface area (Å²) in [4.78, 5) is 17.3. The highest BCUT2D eigenvalue weighted by Crippen LogP contribution is 2.15. The lowest BCUT2D eigenvalue weighted by molar-refractivity contribution is -0.706. The van der Waals surface area contributed by atoms with E-state index in [2.05, 4.69) is 10.3 Å². The van der Waals surface area contributed by atoms with Gasteiger partial charge in [-0.05, 0) is 25.7 Å². The summed E-state index contributed by atoms with van der Waals surface area (Å²) in [6.07, 6.45) is 11.3. The van der Waals surface area contributed by atoms with E-state index in [0.29, 0.717) is 6.04 Å². The van der Waals surface area contributed by atoms with Crippen LogP contribution in [0.2, 0.25) is 0 Å². The number of rotatable bonds is 3. The number of hydrogen-bond donors (Lipinski definition) is 1. The van der Waals surface area contributed by atoms with E-state index in [4.69, 9.17) is 0 Å². The zero-order valence-electron chi connectivity index (χ0n) is 11.8. The molecular weight excluding hydrogens is 270 g/mol. The number of aromatic nitrogens is 2. The highest BCUT2D eigenvalue weighted by molar-refractivity contribution is 7.15. The van der Waals surface area contributed by atoms with Crippen molar-refractivity contribution in [1.82, 2.24) is 9.38 Å². The molecule has 0 amide bonds. The van der Waals surface area contributed by atoms with E-state index in [1.165, 1.54) is 56.3 Å². The van der Waals surface area contributed by atoms with E-state index in [-0.39, 0.29) is 5.56 Å². The van der Waals surface area contributed by atoms with Crippen LogP contribution in [-0.2, 0) is 6.54 Å². The topological polar surface area (TPSA) is 51.0 Å². The van der Waals surface area contributed by atoms with Crippen molar-refractivity contribution in [2.75, 3.05) is 0 Å². The molecule has 0 bridgehead atoms. The van der Waals surface area contributed by atoms with Gasteiger partial charge in [0.2, 0.25) is 0 Å². The van der Waals surface area contributed by atoms with Gasteiger partial charge in [0.15, 0.2) is 4.96 Å². The first-order valence-electron chi connectivity index (χ1n) is 7.62. The average molecular weight is 292 g/mol. The van der Waals surface area contributed by atoms with Gasteiger partial charge in [-0.2, -0.15) is 0 Å². The summed E-state index contributed by atoms with van der Waals surface area (Å²) in [6.45, 7) is 0.828. The van der Waals surface area contributed by atoms with E-state index in [9.17, 15) is 4.79 Å². The van der Waals surface area contributed by atoms with Crippen LogP contribution in [0, 0.1) is 0 Å². The van der Waals surface area contributed by atoms with Gasteiger partial charge < -0.3 is 5.32 Å². The lowest BCUT2D eigenvalue weighted by Gasteiger charge is -2.17. The van der Waals surface area contributed by atoms with Crippen molar-refractivity contribution in [2.24, 2.45) is 0 Å². The van der Waals surface area contributed by atoms with Crippen molar-refractivity contribution >= 4 is 16.3 Å². The molecular formula is C15H22N3OS+. The summed E-state index contributed by atoms with van der Waals surface area (Å²) in [5.74, 6) is 0. The van der Waals surface area contributed by atoms with E-state index < -0.39 is 0 Å². The molecule has 0 spiro atoms. The second-order valence-corrected chi connectivity index (χ2v) is 6.56. The van der Waals surface area contributed by atoms with E-state index in [0.717, 1.165) is 17.2 Å². The van der Waals surface area contributed by atoms with E-state index in [1.807, 2.05) is 5.38 Å². The third kappa shape index (κ3) is 3.27. The van der Waals surface area contributed by atoms with Gasteiger partial charge in [-0.25, -0.2) is 4.98 Å². The molecule has 0 aliphatic heterocycles. The van der Waals surface area contributed by atoms with Crippen LogP contribution in [0.4, 0.5) is 0 Å². The van der Waals surface area contributed by atoms with Crippen molar-refractivity contribution < 1.29 is 5.32 Å². The molecule has 0 unspecified atom stereocenters. The van der Waals surface area contributed by atoms with Gasteiger partial charge in [-0.1, -0.05) is 19.3 Å². The average Bonchev–Trinajstić information content (AvgIpc) is 2.86. The second kappa shape index (κ2) is 6.50. The molecule has 0 atom stereocenters. The fourth-order valence-electron chi connectivity index (χ4n) is 3.00. The molecule has 0 saturated heterocycles. The fraction of sp³-hybridized carbons (Fsp3) is 0.600. The Bertz CT molecular complexity index is 611. The number of thiazole rings is 1. The maximum atomic E-state index is 11.9. The van der Waals surface area contributed by atoms with Gasteiger partial charge in [-0.3, -0.25) is 9.20 Å². The maximum Gasteiger partial charge on any atom is 0.258 e. The molecule has 2 aromatic heterocycles. The standard InChI is InChI=1S/C15H21N3OS/c19-14-10-13(17-15-18(14)8-9-20-15)11-16-12-6-4-2-1-3-5-7-12/h8-10,12,16H,1-7,11H2/p+1. The van der Waals surface area contributed by atoms with Gasteiger partial charge in [-0.15, -0.1) is 11.3 Å². The van der Waals surface area contributed by atoms with Gasteiger partial charge in [0.25, 0.3) is 5.56 Å². The molecule has 0 aromatic carbocycles. The summed E-state index contributed by atoms with van der Waals surface area (Å²) in [5, 5.41) is 4.29. The summed E-state index contributed by atoms with van der Waals surface area (Å²) in [6, 6.07) is 2.39. The SMILES string of the molecule is O=c1cc(C[NH2+]C2CCCCCCC2)nc2sccn12. The van der Waals surface area contributed by atoms with Crippen LogP contribution in [0.15, 0.2) is 22.4 Å². The lowest BCUT2D eigenvalue weighted by Crippen LogP contribution is -2.88. The Kier molecular flexibility index (Phi) is 4.47. The number of quaternary nitrogens is 1. The molecule has 0 radical (unpaired) electrons. The normalized spacial score (nSPS) is 18.0. The van der Waals surface area contributed by atoms with Crippen LogP contribution in [0.5, 0.6) is 0 Å². The summed E-state index contributed by atoms with van der Waals surface area (Å²) < 4.78 is 1.62. The Morgan fingerprint density at radius 3 is 2.80 bits per heavy atom. The lowest BCUT2D eigenvalue weighted by atomic mass is 9.97. The van der Waals surface area contributed by atoms with Crippen molar-refractivity contribution in [2.45, 2.75) is 57.5 Å². The van der Waals surface area contributed by atoms with Crippen molar-refractivity contribution in [1.29, 1.82) is 0 Å². The molecule has 1 aliphatic rings. The van der Waals surface area contributed by atoms with Gasteiger partial charge in [0, 0.05) is 17.6 Å². The minimum Gasteiger partial charge on any atom is -0.339 e. The molecule has 1 saturated carbocycles. The van der Waals surface area contributed by atoms with Crippen LogP contribution in [0.1, 0.15) is 50.6 Å². The minimum atomic E-state index is 0.0392. The zero-order valence-corrected chi connectivity index (χ0v) is 12.6. The van der Waals surface area contributed by atoms with Crippen LogP contribution < -0.4 is 10.9 Å². The first kappa shape index (κ1) is 13.8. The highest BCUT2D eigenvalue weighted by Gasteiger charge is 2.14. The third-order valence-corrected chi connectivity index (χ3v) is 4.92. The predicted octanol–water partition coefficient (Wildman–Crippen LogP) is 1.93. The molecule has 2 heterocycles. The van der Waals surface area contributed by atoms with Crippen molar-refractivity contribution in [3.63, 3.8) is 0 Å². The first-order valence-corrected chi connectivity index (χ1v) is 8.50. The highest BCUT2D eigenvalue weighted by atomic mass is 32.1. The summed E-state index contributed by atoms with van der Waals surface area (Å²) in [7, 11) is 0. The maximum absolute atomic E-state index is 11.9. The molecule has 4 nitrogen and oxygen atoms in total. The number of nitrogens with two attached hydrogens (primary N) is 1. The molecule has 1 fully saturated rings. The van der Waals surface area contributed by atoms with Crippen LogP contribution in [-0.4, -0.2) is 15.4 Å². The molecule has 2 aromatic rings. The molecule has 3 rings (SSSR count). The Labute approximate surface area is 122 Å². The van der Waals surface area contributed by atoms with Gasteiger partial charge in [0.05, 0.1) is 6.04 Å². The van der Waals surface area contributed by atoms with Gasteiger partial charge >= 0.3 is 0 Å². The van der Waals surface area contributed by atoms with E-state index in [1.54, 1.807) is 16.7 Å². The van der Waals surface area contributed by atoms with Crippen molar-refractivity contribution in [3.05, 3.63) is 33.7 Å². The molecule has 1 aliphatic carbocycles. The largest absolute Gasteiger partial charge is 0.339 e. The van der Waals surface area contributed by atoms with Crippen LogP contribution in [0.25, 0.3) is 4.96 Å². The Morgan fingerprint density at radius 2 is 2.00 bits per heavy atom. The minimum absolute atomic E-state index is 0.0392. The first-order chi connectivity index (χ1) is 9.83. The monoisotopic (exact) mass is 292 g/mol. The molecule has 5 heteroatoms. The summed E-state index contributed by atoms with van der Waals surface area (Å²) >= 11 is 1.52. The quantitative estimate of drug-likeness (QED) is 0.940. The molecule has 2 N–H and O–H groups in total. The van der Waals surface area contributed by atoms with E-state index >= 15 is 0 Å². The Morgan fingerprint density at radius 1 is 1.25 bits per heavy atom. The fourth-order valence-corrected chi connectivity index (χ4v) is 3.74. The van der Waals surface area contributed by atoms with Gasteiger partial charge in [0.1, 0.15) is 12.2 Å². The molecule has 20 heavy (non-hydrogen) atoms. The van der Waals surface area contributed by atoms with Crippen LogP contribution >= 0.6 is 11.3 Å². The Balaban J connectivity index is 1.65. The third-order valence-electron chi connectivity index (χ3n) is 4.17. The predicted molar refractivity (Wildman–Crippen MR) is 81.1 cm³/mol. The Hall–Kier alpha value is -1.20. The smallest absolute Gasteiger partial charge is 0.258 e. The number of hydrogen-bond acceptors (Lipinski definition) is 3. The molecule has 108 valence electrons. The van der Waals surface area contributed by atoms with Crippen molar-refractivity contribution in [3.8, 4) is 0 Å². The number of nitrogens with zero attached hydrogens (tertiary/aromatic N) is 2. The zero-order chi connectivity index (χ0) is 13.8. The summed E-state index contributed by atoms with van der Waals surface area (Å²) in [5.41, 5.74) is 0.955.